The fourth-order valence-corrected chi connectivity index (χ4v) is 2.27. The van der Waals surface area contributed by atoms with Gasteiger partial charge in [0.05, 0.1) is 0 Å². The highest BCUT2D eigenvalue weighted by atomic mass is 79.9. The topological polar surface area (TPSA) is 57.0 Å². The third-order valence-corrected chi connectivity index (χ3v) is 3.15. The van der Waals surface area contributed by atoms with Crippen LogP contribution in [0.2, 0.25) is 0 Å². The minimum Gasteiger partial charge on any atom is -0.381 e. The van der Waals surface area contributed by atoms with Gasteiger partial charge in [0.1, 0.15) is 5.69 Å². The first-order valence-electron chi connectivity index (χ1n) is 4.87. The second-order valence-electron chi connectivity index (χ2n) is 3.60. The maximum atomic E-state index is 12.1. The van der Waals surface area contributed by atoms with Crippen molar-refractivity contribution in [3.05, 3.63) is 10.3 Å². The van der Waals surface area contributed by atoms with Crippen molar-refractivity contribution < 1.29 is 9.53 Å². The molecule has 5 nitrogen and oxygen atoms in total. The lowest BCUT2D eigenvalue weighted by Crippen LogP contribution is -2.25. The molecule has 0 aromatic carbocycles. The predicted octanol–water partition coefficient (Wildman–Crippen LogP) is 1.19. The highest BCUT2D eigenvalue weighted by Crippen LogP contribution is 2.23. The number of aromatic nitrogens is 3. The van der Waals surface area contributed by atoms with Crippen molar-refractivity contribution in [2.45, 2.75) is 12.8 Å². The number of halogens is 1. The monoisotopic (exact) mass is 273 g/mol. The van der Waals surface area contributed by atoms with Gasteiger partial charge < -0.3 is 4.74 Å². The average molecular weight is 274 g/mol. The molecule has 15 heavy (non-hydrogen) atoms. The number of ether oxygens (including phenoxy) is 1. The first-order valence-corrected chi connectivity index (χ1v) is 5.66. The summed E-state index contributed by atoms with van der Waals surface area (Å²) in [4.78, 5) is 12.1. The fraction of sp³-hybridized carbons (Fsp3) is 0.667. The number of carbonyl (C=O) groups excluding carboxylic acids is 1. The van der Waals surface area contributed by atoms with Crippen molar-refractivity contribution in [1.82, 2.24) is 15.0 Å². The maximum Gasteiger partial charge on any atom is 0.186 e. The van der Waals surface area contributed by atoms with Gasteiger partial charge in [-0.1, -0.05) is 5.21 Å². The van der Waals surface area contributed by atoms with Gasteiger partial charge in [0, 0.05) is 26.2 Å². The molecule has 0 N–H and O–H groups in total. The van der Waals surface area contributed by atoms with Crippen molar-refractivity contribution >= 4 is 21.7 Å². The van der Waals surface area contributed by atoms with Crippen LogP contribution < -0.4 is 0 Å². The summed E-state index contributed by atoms with van der Waals surface area (Å²) in [7, 11) is 1.73. The Hall–Kier alpha value is -0.750. The van der Waals surface area contributed by atoms with Crippen molar-refractivity contribution in [1.29, 1.82) is 0 Å². The highest BCUT2D eigenvalue weighted by Gasteiger charge is 2.27. The molecule has 2 rings (SSSR count). The summed E-state index contributed by atoms with van der Waals surface area (Å²) < 4.78 is 7.27. The maximum absolute atomic E-state index is 12.1. The second-order valence-corrected chi connectivity index (χ2v) is 4.35. The number of Topliss-reactive ketones (excluding diaryl/α,β-unsaturated/α-hetero) is 1. The third kappa shape index (κ3) is 2.10. The van der Waals surface area contributed by atoms with Crippen LogP contribution in [0.3, 0.4) is 0 Å². The normalized spacial score (nSPS) is 18.0. The van der Waals surface area contributed by atoms with Gasteiger partial charge in [0.15, 0.2) is 10.4 Å². The molecule has 0 amide bonds. The number of hydrogen-bond donors (Lipinski definition) is 0. The van der Waals surface area contributed by atoms with E-state index in [1.165, 1.54) is 4.68 Å². The van der Waals surface area contributed by atoms with E-state index in [1.54, 1.807) is 7.05 Å². The molecule has 1 fully saturated rings. The average Bonchev–Trinajstić information content (AvgIpc) is 2.59. The van der Waals surface area contributed by atoms with E-state index in [2.05, 4.69) is 26.2 Å². The van der Waals surface area contributed by atoms with Crippen LogP contribution in [0.5, 0.6) is 0 Å². The third-order valence-electron chi connectivity index (χ3n) is 2.61. The molecule has 82 valence electrons. The van der Waals surface area contributed by atoms with Crippen LogP contribution in [0.15, 0.2) is 4.60 Å². The number of rotatable bonds is 2. The second kappa shape index (κ2) is 4.40. The lowest BCUT2D eigenvalue weighted by Gasteiger charge is -2.20. The Morgan fingerprint density at radius 1 is 1.53 bits per heavy atom. The summed E-state index contributed by atoms with van der Waals surface area (Å²) in [5, 5.41) is 7.61. The number of hydrogen-bond acceptors (Lipinski definition) is 4. The largest absolute Gasteiger partial charge is 0.381 e. The molecule has 1 saturated heterocycles. The smallest absolute Gasteiger partial charge is 0.186 e. The van der Waals surface area contributed by atoms with Gasteiger partial charge in [-0.15, -0.1) is 5.10 Å². The molecule has 0 aliphatic carbocycles. The van der Waals surface area contributed by atoms with Crippen molar-refractivity contribution in [3.63, 3.8) is 0 Å². The van der Waals surface area contributed by atoms with E-state index in [0.29, 0.717) is 23.5 Å². The molecule has 0 unspecified atom stereocenters. The summed E-state index contributed by atoms with van der Waals surface area (Å²) in [6.45, 7) is 1.33. The van der Waals surface area contributed by atoms with E-state index < -0.39 is 0 Å². The molecular formula is C9H12BrN3O2. The van der Waals surface area contributed by atoms with E-state index in [-0.39, 0.29) is 11.7 Å². The molecule has 6 heteroatoms. The first-order chi connectivity index (χ1) is 7.20. The molecule has 2 heterocycles. The van der Waals surface area contributed by atoms with E-state index in [4.69, 9.17) is 4.74 Å². The zero-order valence-corrected chi connectivity index (χ0v) is 10.0. The van der Waals surface area contributed by atoms with Gasteiger partial charge in [-0.3, -0.25) is 4.79 Å². The van der Waals surface area contributed by atoms with E-state index in [1.807, 2.05) is 0 Å². The van der Waals surface area contributed by atoms with Crippen molar-refractivity contribution in [2.75, 3.05) is 13.2 Å². The van der Waals surface area contributed by atoms with Crippen molar-refractivity contribution in [3.8, 4) is 0 Å². The van der Waals surface area contributed by atoms with Crippen LogP contribution in [0.25, 0.3) is 0 Å². The minimum atomic E-state index is 0.0484. The predicted molar refractivity (Wildman–Crippen MR) is 56.6 cm³/mol. The molecule has 1 aliphatic heterocycles. The molecule has 1 aliphatic rings. The Balaban J connectivity index is 2.19. The van der Waals surface area contributed by atoms with Crippen LogP contribution in [-0.2, 0) is 11.8 Å². The number of ketones is 1. The Labute approximate surface area is 95.9 Å². The Morgan fingerprint density at radius 2 is 2.20 bits per heavy atom. The molecule has 1 aromatic rings. The molecule has 0 bridgehead atoms. The summed E-state index contributed by atoms with van der Waals surface area (Å²) >= 11 is 3.24. The molecule has 0 saturated carbocycles. The standard InChI is InChI=1S/C9H12BrN3O2/c1-13-7(9(10)11-12-13)8(14)6-2-4-15-5-3-6/h6H,2-5H2,1H3. The van der Waals surface area contributed by atoms with E-state index in [9.17, 15) is 4.79 Å². The summed E-state index contributed by atoms with van der Waals surface area (Å²) in [5.74, 6) is 0.157. The molecule has 0 spiro atoms. The van der Waals surface area contributed by atoms with E-state index in [0.717, 1.165) is 12.8 Å². The molecule has 1 aromatic heterocycles. The number of carbonyl (C=O) groups is 1. The Morgan fingerprint density at radius 3 is 2.73 bits per heavy atom. The fourth-order valence-electron chi connectivity index (χ4n) is 1.75. The van der Waals surface area contributed by atoms with E-state index >= 15 is 0 Å². The van der Waals surface area contributed by atoms with Crippen molar-refractivity contribution in [2.24, 2.45) is 13.0 Å². The van der Waals surface area contributed by atoms with Crippen LogP contribution >= 0.6 is 15.9 Å². The zero-order valence-electron chi connectivity index (χ0n) is 8.44. The molecule has 0 radical (unpaired) electrons. The lowest BCUT2D eigenvalue weighted by atomic mass is 9.94. The minimum absolute atomic E-state index is 0.0484. The number of nitrogens with zero attached hydrogens (tertiary/aromatic N) is 3. The quantitative estimate of drug-likeness (QED) is 0.760. The van der Waals surface area contributed by atoms with Crippen LogP contribution in [0.4, 0.5) is 0 Å². The van der Waals surface area contributed by atoms with Gasteiger partial charge in [0.2, 0.25) is 0 Å². The van der Waals surface area contributed by atoms with Gasteiger partial charge in [-0.25, -0.2) is 4.68 Å². The Bertz CT molecular complexity index is 352. The highest BCUT2D eigenvalue weighted by molar-refractivity contribution is 9.10. The van der Waals surface area contributed by atoms with Crippen LogP contribution in [0.1, 0.15) is 23.3 Å². The summed E-state index contributed by atoms with van der Waals surface area (Å²) in [6.07, 6.45) is 1.58. The van der Waals surface area contributed by atoms with Crippen LogP contribution in [0, 0.1) is 5.92 Å². The zero-order chi connectivity index (χ0) is 10.8. The van der Waals surface area contributed by atoms with Gasteiger partial charge in [-0.05, 0) is 28.8 Å². The number of aryl methyl sites for hydroxylation is 1. The summed E-state index contributed by atoms with van der Waals surface area (Å²) in [5.41, 5.74) is 0.557. The lowest BCUT2D eigenvalue weighted by molar-refractivity contribution is 0.0538. The first kappa shape index (κ1) is 10.8. The molecule has 0 atom stereocenters. The van der Waals surface area contributed by atoms with Gasteiger partial charge >= 0.3 is 0 Å². The van der Waals surface area contributed by atoms with Gasteiger partial charge in [0.25, 0.3) is 0 Å². The van der Waals surface area contributed by atoms with Gasteiger partial charge in [-0.2, -0.15) is 0 Å². The SMILES string of the molecule is Cn1nnc(Br)c1C(=O)C1CCOCC1. The Kier molecular flexibility index (Phi) is 3.16. The molecular weight excluding hydrogens is 262 g/mol. The van der Waals surface area contributed by atoms with Crippen LogP contribution in [-0.4, -0.2) is 34.0 Å². The summed E-state index contributed by atoms with van der Waals surface area (Å²) in [6, 6.07) is 0.